The first kappa shape index (κ1) is 27.6. The number of para-hydroxylation sites is 1. The summed E-state index contributed by atoms with van der Waals surface area (Å²) in [6.07, 6.45) is 3.84. The average molecular weight is 562 g/mol. The molecule has 1 N–H and O–H groups in total. The third-order valence-corrected chi connectivity index (χ3v) is 9.02. The van der Waals surface area contributed by atoms with Crippen molar-refractivity contribution in [3.05, 3.63) is 45.1 Å². The second-order valence-electron chi connectivity index (χ2n) is 8.38. The maximum absolute atomic E-state index is 12.7. The molecule has 37 heavy (non-hydrogen) atoms. The van der Waals surface area contributed by atoms with Crippen molar-refractivity contribution in [2.75, 3.05) is 36.6 Å². The van der Waals surface area contributed by atoms with E-state index in [4.69, 9.17) is 9.47 Å². The average Bonchev–Trinajstić information content (AvgIpc) is 3.41. The van der Waals surface area contributed by atoms with Crippen molar-refractivity contribution in [1.82, 2.24) is 4.57 Å². The van der Waals surface area contributed by atoms with Crippen LogP contribution >= 0.6 is 34.4 Å². The Hall–Kier alpha value is -2.47. The van der Waals surface area contributed by atoms with Gasteiger partial charge in [0.2, 0.25) is 5.91 Å². The summed E-state index contributed by atoms with van der Waals surface area (Å²) >= 11 is 4.13. The summed E-state index contributed by atoms with van der Waals surface area (Å²) < 4.78 is 13.8. The molecule has 0 bridgehead atoms. The SMILES string of the molecule is CCOCCn1c(=NC(=O)CSCC(=O)Nc2sc3c(c2C(=O)OCC)CCCC3)sc2ccccc21. The fraction of sp³-hybridized carbons (Fsp3) is 0.462. The van der Waals surface area contributed by atoms with E-state index in [1.165, 1.54) is 34.4 Å². The van der Waals surface area contributed by atoms with Gasteiger partial charge in [-0.3, -0.25) is 9.59 Å². The summed E-state index contributed by atoms with van der Waals surface area (Å²) in [5.41, 5.74) is 2.52. The fourth-order valence-corrected chi connectivity index (χ4v) is 7.19. The van der Waals surface area contributed by atoms with Gasteiger partial charge in [0.05, 0.1) is 40.5 Å². The van der Waals surface area contributed by atoms with Crippen LogP contribution in [0.2, 0.25) is 0 Å². The molecular formula is C26H31N3O5S3. The van der Waals surface area contributed by atoms with E-state index in [0.717, 1.165) is 46.3 Å². The molecule has 0 radical (unpaired) electrons. The number of hydrogen-bond donors (Lipinski definition) is 1. The highest BCUT2D eigenvalue weighted by Gasteiger charge is 2.27. The number of nitrogens with one attached hydrogen (secondary N) is 1. The fourth-order valence-electron chi connectivity index (χ4n) is 4.23. The summed E-state index contributed by atoms with van der Waals surface area (Å²) in [7, 11) is 0. The van der Waals surface area contributed by atoms with Crippen molar-refractivity contribution in [1.29, 1.82) is 0 Å². The van der Waals surface area contributed by atoms with Gasteiger partial charge in [0.15, 0.2) is 4.80 Å². The first-order chi connectivity index (χ1) is 18.0. The molecule has 2 amide bonds. The van der Waals surface area contributed by atoms with Gasteiger partial charge >= 0.3 is 5.97 Å². The first-order valence-corrected chi connectivity index (χ1v) is 15.2. The number of thioether (sulfide) groups is 1. The van der Waals surface area contributed by atoms with Crippen LogP contribution in [0.15, 0.2) is 29.3 Å². The molecule has 11 heteroatoms. The zero-order valence-corrected chi connectivity index (χ0v) is 23.5. The van der Waals surface area contributed by atoms with Crippen molar-refractivity contribution in [3.8, 4) is 0 Å². The molecule has 4 rings (SSSR count). The molecular weight excluding hydrogens is 531 g/mol. The second kappa shape index (κ2) is 13.4. The topological polar surface area (TPSA) is 99.0 Å². The normalized spacial score (nSPS) is 13.5. The highest BCUT2D eigenvalue weighted by molar-refractivity contribution is 8.00. The van der Waals surface area contributed by atoms with E-state index < -0.39 is 0 Å². The van der Waals surface area contributed by atoms with Gasteiger partial charge in [-0.25, -0.2) is 4.79 Å². The molecule has 1 aromatic carbocycles. The molecule has 0 fully saturated rings. The Morgan fingerprint density at radius 3 is 2.70 bits per heavy atom. The van der Waals surface area contributed by atoms with Crippen LogP contribution in [-0.2, 0) is 38.4 Å². The van der Waals surface area contributed by atoms with Crippen LogP contribution in [0, 0.1) is 0 Å². The number of aromatic nitrogens is 1. The molecule has 0 spiro atoms. The zero-order valence-electron chi connectivity index (χ0n) is 21.0. The van der Waals surface area contributed by atoms with Crippen LogP contribution in [-0.4, -0.2) is 53.7 Å². The highest BCUT2D eigenvalue weighted by atomic mass is 32.2. The lowest BCUT2D eigenvalue weighted by atomic mass is 9.95. The number of nitrogens with zero attached hydrogens (tertiary/aromatic N) is 2. The second-order valence-corrected chi connectivity index (χ2v) is 11.5. The maximum atomic E-state index is 12.7. The Balaban J connectivity index is 1.39. The number of carbonyl (C=O) groups is 3. The Kier molecular flexibility index (Phi) is 9.95. The van der Waals surface area contributed by atoms with Crippen LogP contribution < -0.4 is 10.1 Å². The summed E-state index contributed by atoms with van der Waals surface area (Å²) in [5.74, 6) is -0.773. The minimum Gasteiger partial charge on any atom is -0.462 e. The highest BCUT2D eigenvalue weighted by Crippen LogP contribution is 2.38. The number of amides is 2. The molecule has 1 aliphatic carbocycles. The number of ether oxygens (including phenoxy) is 2. The Morgan fingerprint density at radius 2 is 1.89 bits per heavy atom. The predicted octanol–water partition coefficient (Wildman–Crippen LogP) is 4.66. The smallest absolute Gasteiger partial charge is 0.341 e. The van der Waals surface area contributed by atoms with Gasteiger partial charge in [-0.1, -0.05) is 23.5 Å². The number of benzene rings is 1. The molecule has 2 heterocycles. The quantitative estimate of drug-likeness (QED) is 0.270. The third-order valence-electron chi connectivity index (χ3n) is 5.83. The lowest BCUT2D eigenvalue weighted by Gasteiger charge is -2.12. The van der Waals surface area contributed by atoms with Crippen molar-refractivity contribution < 1.29 is 23.9 Å². The van der Waals surface area contributed by atoms with E-state index in [-0.39, 0.29) is 35.9 Å². The van der Waals surface area contributed by atoms with E-state index in [9.17, 15) is 14.4 Å². The molecule has 8 nitrogen and oxygen atoms in total. The van der Waals surface area contributed by atoms with E-state index in [0.29, 0.717) is 35.1 Å². The third kappa shape index (κ3) is 6.90. The number of hydrogen-bond acceptors (Lipinski definition) is 8. The minimum atomic E-state index is -0.389. The molecule has 198 valence electrons. The monoisotopic (exact) mass is 561 g/mol. The van der Waals surface area contributed by atoms with Crippen LogP contribution in [0.3, 0.4) is 0 Å². The van der Waals surface area contributed by atoms with Gasteiger partial charge in [0, 0.05) is 18.0 Å². The van der Waals surface area contributed by atoms with Crippen molar-refractivity contribution in [2.24, 2.45) is 4.99 Å². The minimum absolute atomic E-state index is 0.0821. The lowest BCUT2D eigenvalue weighted by Crippen LogP contribution is -2.21. The summed E-state index contributed by atoms with van der Waals surface area (Å²) in [6, 6.07) is 7.94. The Morgan fingerprint density at radius 1 is 1.08 bits per heavy atom. The zero-order chi connectivity index (χ0) is 26.2. The molecule has 0 aliphatic heterocycles. The van der Waals surface area contributed by atoms with Crippen molar-refractivity contribution >= 4 is 67.4 Å². The van der Waals surface area contributed by atoms with Gasteiger partial charge in [0.1, 0.15) is 5.00 Å². The number of rotatable bonds is 11. The number of fused-ring (bicyclic) bond motifs is 2. The van der Waals surface area contributed by atoms with E-state index in [1.54, 1.807) is 6.92 Å². The molecule has 0 saturated heterocycles. The van der Waals surface area contributed by atoms with Crippen molar-refractivity contribution in [2.45, 2.75) is 46.1 Å². The van der Waals surface area contributed by atoms with Gasteiger partial charge in [-0.05, 0) is 57.2 Å². The molecule has 2 aromatic heterocycles. The summed E-state index contributed by atoms with van der Waals surface area (Å²) in [4.78, 5) is 44.0. The van der Waals surface area contributed by atoms with Crippen LogP contribution in [0.5, 0.6) is 0 Å². The number of carbonyl (C=O) groups excluding carboxylic acids is 3. The molecule has 0 saturated carbocycles. The van der Waals surface area contributed by atoms with Crippen LogP contribution in [0.25, 0.3) is 10.2 Å². The molecule has 0 atom stereocenters. The van der Waals surface area contributed by atoms with Crippen LogP contribution in [0.4, 0.5) is 5.00 Å². The van der Waals surface area contributed by atoms with Crippen molar-refractivity contribution in [3.63, 3.8) is 0 Å². The number of thiazole rings is 1. The van der Waals surface area contributed by atoms with Gasteiger partial charge < -0.3 is 19.4 Å². The van der Waals surface area contributed by atoms with Gasteiger partial charge in [-0.2, -0.15) is 4.99 Å². The molecule has 0 unspecified atom stereocenters. The van der Waals surface area contributed by atoms with E-state index in [1.807, 2.05) is 35.8 Å². The standard InChI is InChI=1S/C26H31N3O5S3/c1-3-33-14-13-29-18-10-6-8-12-20(18)37-26(29)28-22(31)16-35-15-21(30)27-24-23(25(32)34-4-2)17-9-5-7-11-19(17)36-24/h6,8,10,12H,3-5,7,9,11,13-16H2,1-2H3,(H,27,30). The number of aryl methyl sites for hydroxylation is 1. The molecule has 1 aliphatic rings. The number of thiophene rings is 1. The predicted molar refractivity (Wildman–Crippen MR) is 150 cm³/mol. The van der Waals surface area contributed by atoms with Gasteiger partial charge in [-0.15, -0.1) is 23.1 Å². The number of esters is 1. The summed E-state index contributed by atoms with van der Waals surface area (Å²) in [5, 5.41) is 3.43. The molecule has 3 aromatic rings. The van der Waals surface area contributed by atoms with E-state index >= 15 is 0 Å². The first-order valence-electron chi connectivity index (χ1n) is 12.4. The summed E-state index contributed by atoms with van der Waals surface area (Å²) in [6.45, 7) is 5.77. The maximum Gasteiger partial charge on any atom is 0.341 e. The Labute approximate surface area is 228 Å². The lowest BCUT2D eigenvalue weighted by molar-refractivity contribution is -0.115. The van der Waals surface area contributed by atoms with Crippen LogP contribution in [0.1, 0.15) is 47.5 Å². The van der Waals surface area contributed by atoms with E-state index in [2.05, 4.69) is 10.3 Å². The number of anilines is 1. The largest absolute Gasteiger partial charge is 0.462 e. The van der Waals surface area contributed by atoms with Gasteiger partial charge in [0.25, 0.3) is 5.91 Å². The Bertz CT molecular complexity index is 1340.